The quantitative estimate of drug-likeness (QED) is 0.831. The molecule has 7 nitrogen and oxygen atoms in total. The number of aromatic nitrogens is 2. The molecule has 9 heteroatoms. The fourth-order valence-corrected chi connectivity index (χ4v) is 2.38. The smallest absolute Gasteiger partial charge is 0.264 e. The first kappa shape index (κ1) is 13.6. The Morgan fingerprint density at radius 1 is 1.42 bits per heavy atom. The molecular weight excluding hydrogens is 288 g/mol. The van der Waals surface area contributed by atoms with Gasteiger partial charge in [0, 0.05) is 6.54 Å². The van der Waals surface area contributed by atoms with Crippen molar-refractivity contribution in [3.8, 4) is 0 Å². The molecule has 0 aliphatic rings. The van der Waals surface area contributed by atoms with Crippen LogP contribution in [0.4, 0.5) is 0 Å². The molecule has 3 N–H and O–H groups in total. The molecule has 0 spiro atoms. The van der Waals surface area contributed by atoms with E-state index in [0.29, 0.717) is 10.4 Å². The lowest BCUT2D eigenvalue weighted by Crippen LogP contribution is -2.22. The van der Waals surface area contributed by atoms with Gasteiger partial charge in [0.1, 0.15) is 4.88 Å². The molecule has 0 fully saturated rings. The van der Waals surface area contributed by atoms with Crippen molar-refractivity contribution in [1.29, 1.82) is 0 Å². The van der Waals surface area contributed by atoms with Crippen molar-refractivity contribution in [2.24, 2.45) is 5.14 Å². The molecule has 0 radical (unpaired) electrons. The number of rotatable bonds is 4. The first-order valence-electron chi connectivity index (χ1n) is 5.14. The van der Waals surface area contributed by atoms with E-state index in [1.807, 2.05) is 0 Å². The average molecular weight is 298 g/mol. The van der Waals surface area contributed by atoms with Crippen LogP contribution in [0, 0.1) is 0 Å². The first-order valence-corrected chi connectivity index (χ1v) is 7.46. The van der Waals surface area contributed by atoms with Crippen LogP contribution < -0.4 is 10.5 Å². The molecule has 0 aliphatic carbocycles. The van der Waals surface area contributed by atoms with E-state index in [9.17, 15) is 13.2 Å². The molecule has 0 saturated carbocycles. The van der Waals surface area contributed by atoms with E-state index < -0.39 is 10.0 Å². The highest BCUT2D eigenvalue weighted by Gasteiger charge is 2.10. The summed E-state index contributed by atoms with van der Waals surface area (Å²) in [4.78, 5) is 12.0. The van der Waals surface area contributed by atoms with Gasteiger partial charge in [-0.2, -0.15) is 0 Å². The van der Waals surface area contributed by atoms with E-state index in [2.05, 4.69) is 14.9 Å². The van der Waals surface area contributed by atoms with Crippen LogP contribution in [0.3, 0.4) is 0 Å². The molecule has 2 rings (SSSR count). The minimum absolute atomic E-state index is 0.0127. The summed E-state index contributed by atoms with van der Waals surface area (Å²) in [6, 6.07) is 6.07. The van der Waals surface area contributed by atoms with Gasteiger partial charge in [-0.1, -0.05) is 16.6 Å². The van der Waals surface area contributed by atoms with Gasteiger partial charge >= 0.3 is 0 Å². The highest BCUT2D eigenvalue weighted by molar-refractivity contribution is 7.89. The monoisotopic (exact) mass is 298 g/mol. The van der Waals surface area contributed by atoms with Crippen molar-refractivity contribution in [2.45, 2.75) is 11.4 Å². The first-order chi connectivity index (χ1) is 8.97. The largest absolute Gasteiger partial charge is 0.347 e. The topological polar surface area (TPSA) is 115 Å². The molecule has 19 heavy (non-hydrogen) atoms. The summed E-state index contributed by atoms with van der Waals surface area (Å²) in [5.41, 5.74) is 0.636. The summed E-state index contributed by atoms with van der Waals surface area (Å²) in [6.07, 6.45) is 1.36. The molecule has 1 aromatic heterocycles. The van der Waals surface area contributed by atoms with Gasteiger partial charge in [0.25, 0.3) is 5.91 Å². The van der Waals surface area contributed by atoms with Crippen LogP contribution in [0.15, 0.2) is 35.4 Å². The molecule has 1 amide bonds. The van der Waals surface area contributed by atoms with Gasteiger partial charge in [-0.05, 0) is 29.2 Å². The lowest BCUT2D eigenvalue weighted by atomic mass is 10.2. The second-order valence-electron chi connectivity index (χ2n) is 3.66. The van der Waals surface area contributed by atoms with E-state index in [0.717, 1.165) is 11.5 Å². The van der Waals surface area contributed by atoms with Gasteiger partial charge < -0.3 is 5.32 Å². The van der Waals surface area contributed by atoms with Gasteiger partial charge in [0.15, 0.2) is 0 Å². The van der Waals surface area contributed by atoms with Gasteiger partial charge in [0.2, 0.25) is 10.0 Å². The lowest BCUT2D eigenvalue weighted by Gasteiger charge is -2.05. The fourth-order valence-electron chi connectivity index (χ4n) is 1.37. The molecule has 2 aromatic rings. The molecule has 0 bridgehead atoms. The Kier molecular flexibility index (Phi) is 3.88. The Labute approximate surface area is 113 Å². The molecule has 100 valence electrons. The average Bonchev–Trinajstić information content (AvgIpc) is 2.89. The Hall–Kier alpha value is -1.84. The number of hydrogen-bond acceptors (Lipinski definition) is 6. The maximum Gasteiger partial charge on any atom is 0.264 e. The Morgan fingerprint density at radius 3 is 2.84 bits per heavy atom. The molecule has 1 aromatic carbocycles. The van der Waals surface area contributed by atoms with Crippen LogP contribution >= 0.6 is 11.5 Å². The summed E-state index contributed by atoms with van der Waals surface area (Å²) in [6.45, 7) is 0.195. The van der Waals surface area contributed by atoms with Crippen LogP contribution in [0.5, 0.6) is 0 Å². The maximum atomic E-state index is 11.6. The van der Waals surface area contributed by atoms with E-state index in [1.165, 1.54) is 18.3 Å². The van der Waals surface area contributed by atoms with Crippen molar-refractivity contribution in [1.82, 2.24) is 14.9 Å². The third-order valence-electron chi connectivity index (χ3n) is 2.27. The number of nitrogens with zero attached hydrogens (tertiary/aromatic N) is 2. The summed E-state index contributed by atoms with van der Waals surface area (Å²) in [7, 11) is -3.74. The second-order valence-corrected chi connectivity index (χ2v) is 6.00. The minimum atomic E-state index is -3.74. The number of amides is 1. The van der Waals surface area contributed by atoms with Crippen molar-refractivity contribution in [2.75, 3.05) is 0 Å². The molecule has 0 aliphatic heterocycles. The van der Waals surface area contributed by atoms with Crippen LogP contribution in [-0.2, 0) is 16.6 Å². The standard InChI is InChI=1S/C10H10N4O3S2/c11-19(16,17)8-3-1-2-7(4-8)5-12-10(15)9-6-13-14-18-9/h1-4,6H,5H2,(H,12,15)(H2,11,16,17). The zero-order valence-electron chi connectivity index (χ0n) is 9.61. The van der Waals surface area contributed by atoms with Crippen LogP contribution in [0.1, 0.15) is 15.2 Å². The number of nitrogens with one attached hydrogen (secondary N) is 1. The van der Waals surface area contributed by atoms with Crippen molar-refractivity contribution >= 4 is 27.5 Å². The molecular formula is C10H10N4O3S2. The highest BCUT2D eigenvalue weighted by atomic mass is 32.2. The number of benzene rings is 1. The normalized spacial score (nSPS) is 11.2. The third-order valence-corrected chi connectivity index (χ3v) is 3.84. The van der Waals surface area contributed by atoms with Crippen LogP contribution in [0.25, 0.3) is 0 Å². The lowest BCUT2D eigenvalue weighted by molar-refractivity contribution is 0.0954. The van der Waals surface area contributed by atoms with E-state index in [-0.39, 0.29) is 17.3 Å². The highest BCUT2D eigenvalue weighted by Crippen LogP contribution is 2.10. The number of sulfonamides is 1. The number of nitrogens with two attached hydrogens (primary N) is 1. The Balaban J connectivity index is 2.06. The van der Waals surface area contributed by atoms with Gasteiger partial charge in [0.05, 0.1) is 11.1 Å². The SMILES string of the molecule is NS(=O)(=O)c1cccc(CNC(=O)c2cnns2)c1. The number of carbonyl (C=O) groups is 1. The molecule has 0 saturated heterocycles. The van der Waals surface area contributed by atoms with Crippen molar-refractivity contribution in [3.63, 3.8) is 0 Å². The van der Waals surface area contributed by atoms with Gasteiger partial charge in [-0.25, -0.2) is 13.6 Å². The second kappa shape index (κ2) is 5.43. The van der Waals surface area contributed by atoms with E-state index in [1.54, 1.807) is 12.1 Å². The Morgan fingerprint density at radius 2 is 2.21 bits per heavy atom. The van der Waals surface area contributed by atoms with Crippen LogP contribution in [0.2, 0.25) is 0 Å². The van der Waals surface area contributed by atoms with Crippen LogP contribution in [-0.4, -0.2) is 23.9 Å². The van der Waals surface area contributed by atoms with Crippen molar-refractivity contribution < 1.29 is 13.2 Å². The molecule has 1 heterocycles. The molecule has 0 unspecified atom stereocenters. The van der Waals surface area contributed by atoms with Gasteiger partial charge in [-0.15, -0.1) is 5.10 Å². The number of primary sulfonamides is 1. The molecule has 0 atom stereocenters. The predicted molar refractivity (Wildman–Crippen MR) is 68.9 cm³/mol. The minimum Gasteiger partial charge on any atom is -0.347 e. The number of carbonyl (C=O) groups excluding carboxylic acids is 1. The number of hydrogen-bond donors (Lipinski definition) is 2. The van der Waals surface area contributed by atoms with Gasteiger partial charge in [-0.3, -0.25) is 4.79 Å². The van der Waals surface area contributed by atoms with E-state index in [4.69, 9.17) is 5.14 Å². The fraction of sp³-hybridized carbons (Fsp3) is 0.100. The summed E-state index contributed by atoms with van der Waals surface area (Å²) >= 11 is 0.985. The predicted octanol–water partition coefficient (Wildman–Crippen LogP) is 0.115. The summed E-state index contributed by atoms with van der Waals surface area (Å²) < 4.78 is 26.0. The third kappa shape index (κ3) is 3.56. The summed E-state index contributed by atoms with van der Waals surface area (Å²) in [5.74, 6) is -0.309. The summed E-state index contributed by atoms with van der Waals surface area (Å²) in [5, 5.41) is 11.2. The zero-order chi connectivity index (χ0) is 13.9. The van der Waals surface area contributed by atoms with E-state index >= 15 is 0 Å². The maximum absolute atomic E-state index is 11.6. The zero-order valence-corrected chi connectivity index (χ0v) is 11.2. The Bertz CT molecular complexity index is 683. The van der Waals surface area contributed by atoms with Crippen molar-refractivity contribution in [3.05, 3.63) is 40.9 Å².